The molecule has 0 spiro atoms. The molecular weight excluding hydrogens is 809 g/mol. The highest BCUT2D eigenvalue weighted by atomic mass is 16.5. The van der Waals surface area contributed by atoms with Crippen molar-refractivity contribution in [2.75, 3.05) is 0 Å². The molecule has 2 rings (SSSR count). The third-order valence-electron chi connectivity index (χ3n) is 11.5. The highest BCUT2D eigenvalue weighted by molar-refractivity contribution is 5.74. The highest BCUT2D eigenvalue weighted by Crippen LogP contribution is 2.18. The molecule has 0 aliphatic heterocycles. The summed E-state index contributed by atoms with van der Waals surface area (Å²) in [5, 5.41) is 0. The Balaban J connectivity index is 1.55. The molecule has 0 aromatic heterocycles. The summed E-state index contributed by atoms with van der Waals surface area (Å²) in [6.07, 6.45) is 34.8. The molecule has 0 saturated heterocycles. The summed E-state index contributed by atoms with van der Waals surface area (Å²) < 4.78 is 21.5. The van der Waals surface area contributed by atoms with Crippen molar-refractivity contribution in [2.45, 2.75) is 232 Å². The van der Waals surface area contributed by atoms with Crippen LogP contribution in [0.2, 0.25) is 0 Å². The van der Waals surface area contributed by atoms with Crippen molar-refractivity contribution >= 4 is 23.9 Å². The predicted molar refractivity (Wildman–Crippen MR) is 256 cm³/mol. The van der Waals surface area contributed by atoms with Gasteiger partial charge in [0.1, 0.15) is 11.5 Å². The minimum Gasteiger partial charge on any atom is -0.427 e. The molecule has 0 radical (unpaired) electrons. The van der Waals surface area contributed by atoms with Gasteiger partial charge in [0.05, 0.1) is 0 Å². The van der Waals surface area contributed by atoms with E-state index in [0.717, 1.165) is 25.7 Å². The van der Waals surface area contributed by atoms with Crippen LogP contribution in [0.3, 0.4) is 0 Å². The zero-order chi connectivity index (χ0) is 46.3. The SMILES string of the molecule is CCCCCCCCCCCCCCCC(=O)Oc1ccc(OC(=O)CCCCCCC(=O)Oc2ccc(OC(=O)CCCCCCCCCCCCCCC)c(=O)cc2)ccc1=O. The van der Waals surface area contributed by atoms with E-state index in [2.05, 4.69) is 13.8 Å². The summed E-state index contributed by atoms with van der Waals surface area (Å²) in [4.78, 5) is 74.7. The molecule has 0 aliphatic carbocycles. The molecule has 0 aliphatic rings. The van der Waals surface area contributed by atoms with Gasteiger partial charge in [0.25, 0.3) is 0 Å². The molecule has 0 heterocycles. The summed E-state index contributed by atoms with van der Waals surface area (Å²) >= 11 is 0. The molecule has 0 unspecified atom stereocenters. The van der Waals surface area contributed by atoms with Gasteiger partial charge in [0, 0.05) is 25.7 Å². The molecular formula is C54H82O10. The van der Waals surface area contributed by atoms with E-state index in [-0.39, 0.29) is 48.7 Å². The van der Waals surface area contributed by atoms with Gasteiger partial charge in [-0.25, -0.2) is 0 Å². The standard InChI is InChI=1S/C54H82O10/c1-3-5-7-9-11-13-15-17-19-21-23-25-29-35-53(59)63-49-43-39-45(37-41-47(49)55)61-51(57)33-31-27-28-32-34-52(58)62-46-38-42-48(56)50(44-40-46)64-54(60)36-30-26-24-22-20-18-16-14-12-10-8-6-4-2/h37-44H,3-36H2,1-2H3. The van der Waals surface area contributed by atoms with Gasteiger partial charge in [0.15, 0.2) is 11.5 Å². The maximum Gasteiger partial charge on any atom is 0.311 e. The molecule has 2 aromatic carbocycles. The van der Waals surface area contributed by atoms with Gasteiger partial charge in [-0.05, 0) is 74.2 Å². The second-order valence-corrected chi connectivity index (χ2v) is 17.4. The van der Waals surface area contributed by atoms with Crippen molar-refractivity contribution in [3.63, 3.8) is 0 Å². The smallest absolute Gasteiger partial charge is 0.311 e. The quantitative estimate of drug-likeness (QED) is 0.0471. The van der Waals surface area contributed by atoms with Crippen LogP contribution in [0.5, 0.6) is 23.0 Å². The average Bonchev–Trinajstić information content (AvgIpc) is 3.55. The Labute approximate surface area is 385 Å². The Kier molecular flexibility index (Phi) is 33.1. The third-order valence-corrected chi connectivity index (χ3v) is 11.5. The summed E-state index contributed by atoms with van der Waals surface area (Å²) in [7, 11) is 0. The van der Waals surface area contributed by atoms with E-state index in [4.69, 9.17) is 18.9 Å². The van der Waals surface area contributed by atoms with Crippen LogP contribution in [0.1, 0.15) is 232 Å². The number of hydrogen-bond acceptors (Lipinski definition) is 10. The number of hydrogen-bond donors (Lipinski definition) is 0. The first-order valence-corrected chi connectivity index (χ1v) is 25.3. The second-order valence-electron chi connectivity index (χ2n) is 17.4. The summed E-state index contributed by atoms with van der Waals surface area (Å²) in [5.74, 6) is -1.66. The normalized spacial score (nSPS) is 11.0. The minimum atomic E-state index is -0.475. The largest absolute Gasteiger partial charge is 0.427 e. The van der Waals surface area contributed by atoms with E-state index in [1.165, 1.54) is 177 Å². The van der Waals surface area contributed by atoms with Crippen LogP contribution >= 0.6 is 0 Å². The fourth-order valence-electron chi connectivity index (χ4n) is 7.55. The first-order valence-electron chi connectivity index (χ1n) is 25.3. The number of carbonyl (C=O) groups excluding carboxylic acids is 4. The molecule has 0 saturated carbocycles. The maximum absolute atomic E-state index is 12.5. The van der Waals surface area contributed by atoms with Crippen LogP contribution in [-0.2, 0) is 19.2 Å². The zero-order valence-corrected chi connectivity index (χ0v) is 39.7. The minimum absolute atomic E-state index is 0.0994. The highest BCUT2D eigenvalue weighted by Gasteiger charge is 2.12. The van der Waals surface area contributed by atoms with Crippen molar-refractivity contribution in [3.8, 4) is 23.0 Å². The van der Waals surface area contributed by atoms with Gasteiger partial charge in [-0.2, -0.15) is 0 Å². The lowest BCUT2D eigenvalue weighted by molar-refractivity contribution is -0.135. The lowest BCUT2D eigenvalue weighted by Crippen LogP contribution is -2.12. The predicted octanol–water partition coefficient (Wildman–Crippen LogP) is 14.0. The van der Waals surface area contributed by atoms with Crippen molar-refractivity contribution in [3.05, 3.63) is 69.0 Å². The van der Waals surface area contributed by atoms with Crippen LogP contribution < -0.4 is 29.8 Å². The fourth-order valence-corrected chi connectivity index (χ4v) is 7.55. The van der Waals surface area contributed by atoms with Crippen LogP contribution in [0, 0.1) is 0 Å². The Bertz CT molecular complexity index is 1580. The van der Waals surface area contributed by atoms with E-state index >= 15 is 0 Å². The van der Waals surface area contributed by atoms with Crippen LogP contribution in [0.15, 0.2) is 58.1 Å². The second kappa shape index (κ2) is 38.0. The molecule has 10 nitrogen and oxygen atoms in total. The van der Waals surface area contributed by atoms with E-state index in [1.54, 1.807) is 0 Å². The number of unbranched alkanes of at least 4 members (excludes halogenated alkanes) is 27. The lowest BCUT2D eigenvalue weighted by atomic mass is 10.0. The molecule has 0 fully saturated rings. The molecule has 0 N–H and O–H groups in total. The van der Waals surface area contributed by atoms with Crippen molar-refractivity contribution < 1.29 is 38.1 Å². The number of carbonyl (C=O) groups is 4. The first-order chi connectivity index (χ1) is 31.2. The number of ether oxygens (including phenoxy) is 4. The maximum atomic E-state index is 12.5. The fraction of sp³-hybridized carbons (Fsp3) is 0.667. The number of esters is 4. The van der Waals surface area contributed by atoms with Crippen molar-refractivity contribution in [1.82, 2.24) is 0 Å². The van der Waals surface area contributed by atoms with E-state index in [1.807, 2.05) is 0 Å². The van der Waals surface area contributed by atoms with Gasteiger partial charge in [0.2, 0.25) is 10.9 Å². The van der Waals surface area contributed by atoms with Crippen molar-refractivity contribution in [1.29, 1.82) is 0 Å². The monoisotopic (exact) mass is 891 g/mol. The average molecular weight is 891 g/mol. The zero-order valence-electron chi connectivity index (χ0n) is 39.7. The molecule has 64 heavy (non-hydrogen) atoms. The van der Waals surface area contributed by atoms with E-state index in [0.29, 0.717) is 38.5 Å². The summed E-state index contributed by atoms with van der Waals surface area (Å²) in [6, 6.07) is 10.8. The first kappa shape index (κ1) is 55.8. The van der Waals surface area contributed by atoms with Crippen molar-refractivity contribution in [2.24, 2.45) is 0 Å². The van der Waals surface area contributed by atoms with Gasteiger partial charge >= 0.3 is 23.9 Å². The number of rotatable bonds is 39. The molecule has 0 amide bonds. The van der Waals surface area contributed by atoms with Crippen LogP contribution in [0.4, 0.5) is 0 Å². The molecule has 10 heteroatoms. The molecule has 2 aromatic rings. The Morgan fingerprint density at radius 2 is 0.516 bits per heavy atom. The van der Waals surface area contributed by atoms with Gasteiger partial charge in [-0.1, -0.05) is 181 Å². The molecule has 0 atom stereocenters. The topological polar surface area (TPSA) is 139 Å². The van der Waals surface area contributed by atoms with Gasteiger partial charge in [-0.15, -0.1) is 0 Å². The Morgan fingerprint density at radius 1 is 0.297 bits per heavy atom. The van der Waals surface area contributed by atoms with Gasteiger partial charge < -0.3 is 18.9 Å². The van der Waals surface area contributed by atoms with E-state index in [9.17, 15) is 28.8 Å². The third kappa shape index (κ3) is 29.9. The Hall–Kier alpha value is -4.34. The lowest BCUT2D eigenvalue weighted by Gasteiger charge is -2.04. The van der Waals surface area contributed by atoms with E-state index < -0.39 is 34.7 Å². The summed E-state index contributed by atoms with van der Waals surface area (Å²) in [6.45, 7) is 4.48. The molecule has 0 bridgehead atoms. The van der Waals surface area contributed by atoms with Crippen LogP contribution in [0.25, 0.3) is 0 Å². The summed E-state index contributed by atoms with van der Waals surface area (Å²) in [5.41, 5.74) is -0.951. The van der Waals surface area contributed by atoms with Crippen LogP contribution in [-0.4, -0.2) is 23.9 Å². The van der Waals surface area contributed by atoms with Gasteiger partial charge in [-0.3, -0.25) is 28.8 Å². The molecule has 358 valence electrons. The Morgan fingerprint density at radius 3 is 0.781 bits per heavy atom.